The predicted molar refractivity (Wildman–Crippen MR) is 118 cm³/mol. The highest BCUT2D eigenvalue weighted by atomic mass is 127. The molecule has 2 aromatic rings. The SMILES string of the molecule is CC1CN(Cc2cccc(CN=C(N)Nc3ccccc3)c2)CCO1.I. The number of anilines is 1. The Morgan fingerprint density at radius 3 is 2.73 bits per heavy atom. The monoisotopic (exact) mass is 466 g/mol. The molecule has 140 valence electrons. The lowest BCUT2D eigenvalue weighted by atomic mass is 10.1. The zero-order chi connectivity index (χ0) is 17.5. The van der Waals surface area contributed by atoms with Gasteiger partial charge >= 0.3 is 0 Å². The Bertz CT molecular complexity index is 708. The molecule has 1 atom stereocenters. The van der Waals surface area contributed by atoms with Gasteiger partial charge in [-0.1, -0.05) is 42.5 Å². The van der Waals surface area contributed by atoms with E-state index in [-0.39, 0.29) is 24.0 Å². The molecule has 1 aliphatic rings. The van der Waals surface area contributed by atoms with Gasteiger partial charge < -0.3 is 15.8 Å². The van der Waals surface area contributed by atoms with Crippen molar-refractivity contribution >= 4 is 35.6 Å². The van der Waals surface area contributed by atoms with Gasteiger partial charge in [-0.05, 0) is 30.2 Å². The van der Waals surface area contributed by atoms with Crippen molar-refractivity contribution in [2.75, 3.05) is 25.0 Å². The first-order chi connectivity index (χ1) is 12.2. The van der Waals surface area contributed by atoms with Crippen molar-refractivity contribution in [3.8, 4) is 0 Å². The number of nitrogens with one attached hydrogen (secondary N) is 1. The molecule has 3 N–H and O–H groups in total. The minimum absolute atomic E-state index is 0. The van der Waals surface area contributed by atoms with Crippen LogP contribution in [0.2, 0.25) is 0 Å². The van der Waals surface area contributed by atoms with Crippen LogP contribution in [0.4, 0.5) is 5.69 Å². The molecule has 0 amide bonds. The molecule has 1 fully saturated rings. The van der Waals surface area contributed by atoms with E-state index in [4.69, 9.17) is 10.5 Å². The quantitative estimate of drug-likeness (QED) is 0.403. The minimum Gasteiger partial charge on any atom is -0.376 e. The van der Waals surface area contributed by atoms with Crippen LogP contribution in [-0.4, -0.2) is 36.7 Å². The maximum absolute atomic E-state index is 5.97. The average molecular weight is 466 g/mol. The minimum atomic E-state index is 0. The summed E-state index contributed by atoms with van der Waals surface area (Å²) in [4.78, 5) is 6.87. The first-order valence-corrected chi connectivity index (χ1v) is 8.73. The van der Waals surface area contributed by atoms with E-state index in [1.54, 1.807) is 0 Å². The lowest BCUT2D eigenvalue weighted by molar-refractivity contribution is -0.0212. The molecule has 1 unspecified atom stereocenters. The van der Waals surface area contributed by atoms with Gasteiger partial charge in [-0.3, -0.25) is 4.90 Å². The second-order valence-corrected chi connectivity index (χ2v) is 6.43. The van der Waals surface area contributed by atoms with Crippen molar-refractivity contribution in [1.29, 1.82) is 0 Å². The molecule has 0 saturated carbocycles. The lowest BCUT2D eigenvalue weighted by Crippen LogP contribution is -2.40. The fraction of sp³-hybridized carbons (Fsp3) is 0.350. The maximum atomic E-state index is 5.97. The van der Waals surface area contributed by atoms with Crippen LogP contribution in [0.3, 0.4) is 0 Å². The summed E-state index contributed by atoms with van der Waals surface area (Å²) in [5.74, 6) is 0.429. The molecule has 5 nitrogen and oxygen atoms in total. The van der Waals surface area contributed by atoms with Gasteiger partial charge in [-0.25, -0.2) is 4.99 Å². The molecule has 3 rings (SSSR count). The fourth-order valence-corrected chi connectivity index (χ4v) is 3.00. The topological polar surface area (TPSA) is 62.9 Å². The van der Waals surface area contributed by atoms with E-state index in [1.165, 1.54) is 5.56 Å². The second-order valence-electron chi connectivity index (χ2n) is 6.43. The highest BCUT2D eigenvalue weighted by Gasteiger charge is 2.16. The van der Waals surface area contributed by atoms with Crippen LogP contribution in [0, 0.1) is 0 Å². The van der Waals surface area contributed by atoms with Gasteiger partial charge in [0.05, 0.1) is 19.3 Å². The van der Waals surface area contributed by atoms with Crippen molar-refractivity contribution in [2.45, 2.75) is 26.1 Å². The number of nitrogens with zero attached hydrogens (tertiary/aromatic N) is 2. The van der Waals surface area contributed by atoms with E-state index < -0.39 is 0 Å². The van der Waals surface area contributed by atoms with Gasteiger partial charge in [0, 0.05) is 25.3 Å². The van der Waals surface area contributed by atoms with E-state index in [1.807, 2.05) is 30.3 Å². The van der Waals surface area contributed by atoms with Gasteiger partial charge in [0.1, 0.15) is 0 Å². The molecule has 0 aromatic heterocycles. The summed E-state index contributed by atoms with van der Waals surface area (Å²) in [5, 5.41) is 3.10. The largest absolute Gasteiger partial charge is 0.376 e. The van der Waals surface area contributed by atoms with Crippen molar-refractivity contribution < 1.29 is 4.74 Å². The molecular formula is C20H27IN4O. The molecule has 2 aromatic carbocycles. The summed E-state index contributed by atoms with van der Waals surface area (Å²) >= 11 is 0. The molecular weight excluding hydrogens is 439 g/mol. The van der Waals surface area contributed by atoms with Crippen LogP contribution >= 0.6 is 24.0 Å². The molecule has 6 heteroatoms. The smallest absolute Gasteiger partial charge is 0.193 e. The zero-order valence-electron chi connectivity index (χ0n) is 15.1. The number of guanidine groups is 1. The number of benzene rings is 2. The standard InChI is InChI=1S/C20H26N4O.HI/c1-16-14-24(10-11-25-16)15-18-7-5-6-17(12-18)13-22-20(21)23-19-8-3-2-4-9-19;/h2-9,12,16H,10-11,13-15H2,1H3,(H3,21,22,23);1H. The summed E-state index contributed by atoms with van der Waals surface area (Å²) in [7, 11) is 0. The summed E-state index contributed by atoms with van der Waals surface area (Å²) in [5.41, 5.74) is 9.38. The van der Waals surface area contributed by atoms with Crippen LogP contribution in [0.1, 0.15) is 18.1 Å². The number of rotatable bonds is 5. The zero-order valence-corrected chi connectivity index (χ0v) is 17.4. The Morgan fingerprint density at radius 1 is 1.19 bits per heavy atom. The van der Waals surface area contributed by atoms with E-state index in [0.717, 1.165) is 37.5 Å². The van der Waals surface area contributed by atoms with Crippen molar-refractivity contribution in [1.82, 2.24) is 4.90 Å². The number of ether oxygens (including phenoxy) is 1. The molecule has 0 radical (unpaired) electrons. The normalized spacial score (nSPS) is 18.2. The highest BCUT2D eigenvalue weighted by Crippen LogP contribution is 2.13. The summed E-state index contributed by atoms with van der Waals surface area (Å²) in [6.07, 6.45) is 0.311. The molecule has 0 spiro atoms. The Kier molecular flexibility index (Phi) is 8.34. The highest BCUT2D eigenvalue weighted by molar-refractivity contribution is 14.0. The second kappa shape index (κ2) is 10.5. The number of aliphatic imine (C=N–C) groups is 1. The number of nitrogens with two attached hydrogens (primary N) is 1. The predicted octanol–water partition coefficient (Wildman–Crippen LogP) is 3.45. The summed E-state index contributed by atoms with van der Waals surface area (Å²) in [6, 6.07) is 18.4. The van der Waals surface area contributed by atoms with E-state index >= 15 is 0 Å². The number of hydrogen-bond donors (Lipinski definition) is 2. The molecule has 0 aliphatic carbocycles. The summed E-state index contributed by atoms with van der Waals surface area (Å²) < 4.78 is 5.60. The van der Waals surface area contributed by atoms with Crippen molar-refractivity contribution in [3.63, 3.8) is 0 Å². The Balaban J connectivity index is 0.00000243. The van der Waals surface area contributed by atoms with Gasteiger partial charge in [0.2, 0.25) is 0 Å². The van der Waals surface area contributed by atoms with Crippen LogP contribution in [0.25, 0.3) is 0 Å². The van der Waals surface area contributed by atoms with Crippen molar-refractivity contribution in [3.05, 3.63) is 65.7 Å². The Hall–Kier alpha value is -1.64. The first kappa shape index (κ1) is 20.7. The third-order valence-corrected chi connectivity index (χ3v) is 4.20. The first-order valence-electron chi connectivity index (χ1n) is 8.73. The third-order valence-electron chi connectivity index (χ3n) is 4.20. The number of hydrogen-bond acceptors (Lipinski definition) is 3. The van der Waals surface area contributed by atoms with Crippen LogP contribution in [-0.2, 0) is 17.8 Å². The third kappa shape index (κ3) is 6.59. The number of para-hydroxylation sites is 1. The lowest BCUT2D eigenvalue weighted by Gasteiger charge is -2.31. The fourth-order valence-electron chi connectivity index (χ4n) is 3.00. The van der Waals surface area contributed by atoms with E-state index in [9.17, 15) is 0 Å². The average Bonchev–Trinajstić information content (AvgIpc) is 2.61. The molecule has 1 heterocycles. The molecule has 1 saturated heterocycles. The molecule has 1 aliphatic heterocycles. The molecule has 0 bridgehead atoms. The van der Waals surface area contributed by atoms with Gasteiger partial charge in [-0.2, -0.15) is 0 Å². The number of morpholine rings is 1. The summed E-state index contributed by atoms with van der Waals surface area (Å²) in [6.45, 7) is 6.42. The maximum Gasteiger partial charge on any atom is 0.193 e. The number of halogens is 1. The molecule has 26 heavy (non-hydrogen) atoms. The van der Waals surface area contributed by atoms with E-state index in [2.05, 4.69) is 46.4 Å². The van der Waals surface area contributed by atoms with Crippen molar-refractivity contribution in [2.24, 2.45) is 10.7 Å². The Labute approximate surface area is 172 Å². The van der Waals surface area contributed by atoms with Gasteiger partial charge in [0.25, 0.3) is 0 Å². The van der Waals surface area contributed by atoms with Crippen LogP contribution in [0.5, 0.6) is 0 Å². The van der Waals surface area contributed by atoms with Crippen LogP contribution < -0.4 is 11.1 Å². The van der Waals surface area contributed by atoms with Gasteiger partial charge in [-0.15, -0.1) is 24.0 Å². The van der Waals surface area contributed by atoms with Crippen LogP contribution in [0.15, 0.2) is 59.6 Å². The van der Waals surface area contributed by atoms with Gasteiger partial charge in [0.15, 0.2) is 5.96 Å². The Morgan fingerprint density at radius 2 is 1.96 bits per heavy atom. The van der Waals surface area contributed by atoms with E-state index in [0.29, 0.717) is 18.6 Å².